The lowest BCUT2D eigenvalue weighted by molar-refractivity contribution is 0.112. The number of fused-ring (bicyclic) bond motifs is 1. The summed E-state index contributed by atoms with van der Waals surface area (Å²) < 4.78 is 1.96. The van der Waals surface area contributed by atoms with Crippen molar-refractivity contribution < 1.29 is 4.79 Å². The number of nitrogens with zero attached hydrogens (tertiary/aromatic N) is 2. The van der Waals surface area contributed by atoms with E-state index in [1.54, 1.807) is 18.3 Å². The summed E-state index contributed by atoms with van der Waals surface area (Å²) in [6.07, 6.45) is 4.51. The monoisotopic (exact) mass is 256 g/mol. The minimum atomic E-state index is 0.663. The number of hydrogen-bond acceptors (Lipinski definition) is 2. The summed E-state index contributed by atoms with van der Waals surface area (Å²) in [5, 5.41) is 0.663. The van der Waals surface area contributed by atoms with Crippen molar-refractivity contribution in [2.24, 2.45) is 0 Å². The van der Waals surface area contributed by atoms with Crippen LogP contribution in [0.5, 0.6) is 0 Å². The van der Waals surface area contributed by atoms with Gasteiger partial charge in [-0.25, -0.2) is 4.98 Å². The van der Waals surface area contributed by atoms with E-state index < -0.39 is 0 Å². The number of halogens is 1. The highest BCUT2D eigenvalue weighted by molar-refractivity contribution is 6.30. The Balaban J connectivity index is 2.15. The molecule has 0 aliphatic carbocycles. The summed E-state index contributed by atoms with van der Waals surface area (Å²) in [7, 11) is 0. The van der Waals surface area contributed by atoms with Crippen molar-refractivity contribution in [1.82, 2.24) is 9.38 Å². The molecule has 0 aliphatic heterocycles. The van der Waals surface area contributed by atoms with E-state index in [1.165, 1.54) is 0 Å². The highest BCUT2D eigenvalue weighted by atomic mass is 35.5. The Bertz CT molecular complexity index is 716. The van der Waals surface area contributed by atoms with Crippen LogP contribution in [0.3, 0.4) is 0 Å². The Morgan fingerprint density at radius 1 is 1.17 bits per heavy atom. The molecule has 0 radical (unpaired) electrons. The predicted octanol–water partition coefficient (Wildman–Crippen LogP) is 3.47. The number of rotatable bonds is 2. The van der Waals surface area contributed by atoms with Gasteiger partial charge in [0.1, 0.15) is 11.9 Å². The zero-order chi connectivity index (χ0) is 12.5. The van der Waals surface area contributed by atoms with Gasteiger partial charge in [-0.15, -0.1) is 0 Å². The highest BCUT2D eigenvalue weighted by Gasteiger charge is 2.05. The van der Waals surface area contributed by atoms with E-state index in [1.807, 2.05) is 34.9 Å². The average Bonchev–Trinajstić information content (AvgIpc) is 2.81. The Kier molecular flexibility index (Phi) is 2.61. The fourth-order valence-electron chi connectivity index (χ4n) is 1.90. The van der Waals surface area contributed by atoms with E-state index in [-0.39, 0.29) is 0 Å². The minimum absolute atomic E-state index is 0.663. The van der Waals surface area contributed by atoms with Gasteiger partial charge in [-0.05, 0) is 6.07 Å². The lowest BCUT2D eigenvalue weighted by Crippen LogP contribution is -1.88. The molecule has 1 aromatic carbocycles. The first-order chi connectivity index (χ1) is 8.78. The number of aromatic nitrogens is 2. The van der Waals surface area contributed by atoms with Crippen LogP contribution in [-0.4, -0.2) is 15.7 Å². The minimum Gasteiger partial charge on any atom is -0.300 e. The van der Waals surface area contributed by atoms with Crippen molar-refractivity contribution in [1.29, 1.82) is 0 Å². The summed E-state index contributed by atoms with van der Waals surface area (Å²) in [6, 6.07) is 11.0. The maximum Gasteiger partial charge on any atom is 0.150 e. The third kappa shape index (κ3) is 1.79. The lowest BCUT2D eigenvalue weighted by Gasteiger charge is -2.02. The predicted molar refractivity (Wildman–Crippen MR) is 71.0 cm³/mol. The maximum absolute atomic E-state index is 10.6. The molecule has 3 aromatic rings. The molecule has 88 valence electrons. The molecule has 0 fully saturated rings. The second kappa shape index (κ2) is 4.27. The molecule has 0 amide bonds. The van der Waals surface area contributed by atoms with Crippen LogP contribution in [0.4, 0.5) is 0 Å². The Morgan fingerprint density at radius 3 is 2.67 bits per heavy atom. The number of imidazole rings is 1. The Hall–Kier alpha value is -2.13. The smallest absolute Gasteiger partial charge is 0.150 e. The SMILES string of the molecule is O=Cc1ccc(-c2cnc3cc(Cl)ccn23)cc1. The van der Waals surface area contributed by atoms with Crippen LogP contribution in [0.25, 0.3) is 16.9 Å². The fourth-order valence-corrected chi connectivity index (χ4v) is 2.06. The first-order valence-electron chi connectivity index (χ1n) is 5.46. The van der Waals surface area contributed by atoms with Gasteiger partial charge in [-0.3, -0.25) is 9.20 Å². The van der Waals surface area contributed by atoms with Crippen LogP contribution in [0.15, 0.2) is 48.8 Å². The van der Waals surface area contributed by atoms with Crippen LogP contribution >= 0.6 is 11.6 Å². The highest BCUT2D eigenvalue weighted by Crippen LogP contribution is 2.22. The second-order valence-electron chi connectivity index (χ2n) is 3.96. The maximum atomic E-state index is 10.6. The van der Waals surface area contributed by atoms with Gasteiger partial charge in [0.05, 0.1) is 11.9 Å². The molecule has 0 unspecified atom stereocenters. The average molecular weight is 257 g/mol. The van der Waals surface area contributed by atoms with Gasteiger partial charge in [-0.1, -0.05) is 35.9 Å². The molecule has 0 atom stereocenters. The van der Waals surface area contributed by atoms with Crippen molar-refractivity contribution in [3.63, 3.8) is 0 Å². The van der Waals surface area contributed by atoms with Crippen molar-refractivity contribution in [2.75, 3.05) is 0 Å². The van der Waals surface area contributed by atoms with Gasteiger partial charge in [0.15, 0.2) is 0 Å². The molecule has 0 saturated heterocycles. The number of pyridine rings is 1. The van der Waals surface area contributed by atoms with Gasteiger partial charge in [0.2, 0.25) is 0 Å². The van der Waals surface area contributed by atoms with Crippen LogP contribution in [-0.2, 0) is 0 Å². The van der Waals surface area contributed by atoms with Crippen molar-refractivity contribution in [3.05, 3.63) is 59.4 Å². The van der Waals surface area contributed by atoms with E-state index in [0.29, 0.717) is 10.6 Å². The standard InChI is InChI=1S/C14H9ClN2O/c15-12-5-6-17-13(8-16-14(17)7-12)11-3-1-10(9-18)2-4-11/h1-9H. The number of benzene rings is 1. The van der Waals surface area contributed by atoms with E-state index in [0.717, 1.165) is 23.2 Å². The lowest BCUT2D eigenvalue weighted by atomic mass is 10.1. The molecule has 0 saturated carbocycles. The van der Waals surface area contributed by atoms with E-state index in [4.69, 9.17) is 11.6 Å². The molecule has 0 aliphatic rings. The third-order valence-electron chi connectivity index (χ3n) is 2.82. The van der Waals surface area contributed by atoms with Gasteiger partial charge >= 0.3 is 0 Å². The van der Waals surface area contributed by atoms with Crippen molar-refractivity contribution in [2.45, 2.75) is 0 Å². The fraction of sp³-hybridized carbons (Fsp3) is 0. The summed E-state index contributed by atoms with van der Waals surface area (Å²) in [6.45, 7) is 0. The number of carbonyl (C=O) groups excluding carboxylic acids is 1. The molecule has 2 heterocycles. The van der Waals surface area contributed by atoms with Crippen molar-refractivity contribution in [3.8, 4) is 11.3 Å². The molecule has 3 nitrogen and oxygen atoms in total. The first kappa shape index (κ1) is 11.0. The molecular formula is C14H9ClN2O. The zero-order valence-corrected chi connectivity index (χ0v) is 10.1. The van der Waals surface area contributed by atoms with E-state index in [9.17, 15) is 4.79 Å². The van der Waals surface area contributed by atoms with Crippen LogP contribution in [0.2, 0.25) is 5.02 Å². The number of carbonyl (C=O) groups is 1. The molecule has 18 heavy (non-hydrogen) atoms. The zero-order valence-electron chi connectivity index (χ0n) is 9.38. The number of aldehydes is 1. The largest absolute Gasteiger partial charge is 0.300 e. The van der Waals surface area contributed by atoms with Gasteiger partial charge < -0.3 is 0 Å². The second-order valence-corrected chi connectivity index (χ2v) is 4.39. The van der Waals surface area contributed by atoms with Crippen LogP contribution < -0.4 is 0 Å². The third-order valence-corrected chi connectivity index (χ3v) is 3.05. The van der Waals surface area contributed by atoms with Crippen molar-refractivity contribution >= 4 is 23.5 Å². The van der Waals surface area contributed by atoms with Crippen LogP contribution in [0, 0.1) is 0 Å². The summed E-state index contributed by atoms with van der Waals surface area (Å²) >= 11 is 5.92. The van der Waals surface area contributed by atoms with E-state index in [2.05, 4.69) is 4.98 Å². The van der Waals surface area contributed by atoms with Gasteiger partial charge in [0.25, 0.3) is 0 Å². The van der Waals surface area contributed by atoms with Crippen LogP contribution in [0.1, 0.15) is 10.4 Å². The molecule has 0 spiro atoms. The summed E-state index contributed by atoms with van der Waals surface area (Å²) in [5.41, 5.74) is 3.45. The molecule has 0 N–H and O–H groups in total. The molecule has 4 heteroatoms. The van der Waals surface area contributed by atoms with E-state index >= 15 is 0 Å². The summed E-state index contributed by atoms with van der Waals surface area (Å²) in [4.78, 5) is 14.9. The van der Waals surface area contributed by atoms with Gasteiger partial charge in [0, 0.05) is 28.4 Å². The van der Waals surface area contributed by atoms with Gasteiger partial charge in [-0.2, -0.15) is 0 Å². The molecule has 2 aromatic heterocycles. The number of hydrogen-bond donors (Lipinski definition) is 0. The normalized spacial score (nSPS) is 10.7. The quantitative estimate of drug-likeness (QED) is 0.658. The molecule has 0 bridgehead atoms. The molecule has 3 rings (SSSR count). The summed E-state index contributed by atoms with van der Waals surface area (Å²) in [5.74, 6) is 0. The topological polar surface area (TPSA) is 34.4 Å². The first-order valence-corrected chi connectivity index (χ1v) is 5.84. The Labute approximate surface area is 109 Å². The Morgan fingerprint density at radius 2 is 1.94 bits per heavy atom. The molecular weight excluding hydrogens is 248 g/mol.